The molecule has 3 heterocycles. The van der Waals surface area contributed by atoms with E-state index < -0.39 is 86.2 Å². The monoisotopic (exact) mass is 410 g/mol. The maximum absolute atomic E-state index is 12.6. The summed E-state index contributed by atoms with van der Waals surface area (Å²) >= 11 is 0. The zero-order valence-electron chi connectivity index (χ0n) is 16.7. The number of H-pyrrole nitrogens is 1. The zero-order valence-corrected chi connectivity index (χ0v) is 16.7. The molecule has 2 saturated heterocycles. The van der Waals surface area contributed by atoms with Crippen molar-refractivity contribution in [2.75, 3.05) is 13.2 Å². The fourth-order valence-electron chi connectivity index (χ4n) is 4.66. The van der Waals surface area contributed by atoms with Crippen molar-refractivity contribution in [3.63, 3.8) is 0 Å². The summed E-state index contributed by atoms with van der Waals surface area (Å²) in [5.41, 5.74) is -1.46. The average Bonchev–Trinajstić information content (AvgIpc) is 3.33. The van der Waals surface area contributed by atoms with Crippen LogP contribution >= 0.6 is 0 Å². The Kier molecular flexibility index (Phi) is 7.63. The van der Waals surface area contributed by atoms with Crippen LogP contribution in [0.4, 0.5) is 0 Å². The topological polar surface area (TPSA) is 145 Å². The summed E-state index contributed by atoms with van der Waals surface area (Å²) in [5.74, 6) is -1.01. The van der Waals surface area contributed by atoms with E-state index in [0.717, 1.165) is 4.57 Å². The highest BCUT2D eigenvalue weighted by Crippen LogP contribution is 2.51. The van der Waals surface area contributed by atoms with E-state index in [1.54, 1.807) is 0 Å². The minimum atomic E-state index is -1.52. The maximum Gasteiger partial charge on any atom is 0.330 e. The largest absolute Gasteiger partial charge is 0.397 e. The Morgan fingerprint density at radius 2 is 1.71 bits per heavy atom. The molecule has 0 aliphatic carbocycles. The molecule has 146 valence electrons. The smallest absolute Gasteiger partial charge is 0.330 e. The van der Waals surface area contributed by atoms with Gasteiger partial charge in [0.05, 0.1) is 6.61 Å². The van der Waals surface area contributed by atoms with Crippen LogP contribution in [-0.2, 0) is 4.74 Å². The molecule has 2 fully saturated rings. The average molecular weight is 408 g/mol. The molecule has 0 bridgehead atoms. The number of nitrogens with zero attached hydrogens (tertiary/aromatic N) is 1. The van der Waals surface area contributed by atoms with Crippen molar-refractivity contribution in [2.24, 2.45) is 0 Å². The van der Waals surface area contributed by atoms with Gasteiger partial charge in [-0.3, -0.25) is 14.3 Å². The maximum atomic E-state index is 12.6. The second kappa shape index (κ2) is 9.55. The second-order valence-corrected chi connectivity index (χ2v) is 8.24. The molecule has 1 aromatic heterocycles. The van der Waals surface area contributed by atoms with E-state index in [2.05, 4.69) is 4.98 Å². The first-order chi connectivity index (χ1) is 14.5. The highest BCUT2D eigenvalue weighted by atomic mass is 16.6. The molecule has 19 heteroatoms. The SMILES string of the molecule is [B]B([B])B([B])B(B([B])[B])B1C(CO)C1c1cn([C@@H]2O[C@H](CO)C(O)[C@@H]2O)c(=O)[nH]c1=O. The molecule has 2 aliphatic heterocycles. The van der Waals surface area contributed by atoms with Crippen molar-refractivity contribution in [3.8, 4) is 0 Å². The summed E-state index contributed by atoms with van der Waals surface area (Å²) in [6.45, 7) is -1.33. The molecular formula is C12H16B10N2O7. The molecular weight excluding hydrogens is 392 g/mol. The fourth-order valence-corrected chi connectivity index (χ4v) is 4.66. The number of aliphatic hydroxyl groups excluding tert-OH is 4. The number of aliphatic hydroxyl groups is 4. The number of rotatable bonds is 8. The lowest BCUT2D eigenvalue weighted by Crippen LogP contribution is -2.64. The fraction of sp³-hybridized carbons (Fsp3) is 0.667. The molecule has 0 amide bonds. The first-order valence-corrected chi connectivity index (χ1v) is 9.91. The van der Waals surface area contributed by atoms with E-state index in [4.69, 9.17) is 43.4 Å². The Labute approximate surface area is 187 Å². The molecule has 3 rings (SSSR count). The third-order valence-electron chi connectivity index (χ3n) is 6.36. The molecule has 0 saturated carbocycles. The number of hydrogen-bond donors (Lipinski definition) is 5. The molecule has 0 spiro atoms. The van der Waals surface area contributed by atoms with E-state index in [9.17, 15) is 30.0 Å². The van der Waals surface area contributed by atoms with Crippen LogP contribution < -0.4 is 11.2 Å². The Morgan fingerprint density at radius 3 is 2.19 bits per heavy atom. The quantitative estimate of drug-likeness (QED) is 0.269. The van der Waals surface area contributed by atoms with Crippen LogP contribution in [-0.4, -0.2) is 132 Å². The zero-order chi connectivity index (χ0) is 23.2. The van der Waals surface area contributed by atoms with Crippen molar-refractivity contribution in [1.29, 1.82) is 0 Å². The summed E-state index contributed by atoms with van der Waals surface area (Å²) in [6, 6.07) is 0. The summed E-state index contributed by atoms with van der Waals surface area (Å²) in [7, 11) is 29.3. The summed E-state index contributed by atoms with van der Waals surface area (Å²) in [6.07, 6.45) is -7.51. The summed E-state index contributed by atoms with van der Waals surface area (Å²) < 4.78 is 6.31. The predicted octanol–water partition coefficient (Wildman–Crippen LogP) is -6.74. The van der Waals surface area contributed by atoms with Gasteiger partial charge >= 0.3 is 5.69 Å². The minimum Gasteiger partial charge on any atom is -0.397 e. The number of aromatic amines is 1. The molecule has 10 radical (unpaired) electrons. The van der Waals surface area contributed by atoms with Crippen molar-refractivity contribution in [1.82, 2.24) is 9.55 Å². The molecule has 9 nitrogen and oxygen atoms in total. The van der Waals surface area contributed by atoms with Crippen LogP contribution in [0.2, 0.25) is 5.82 Å². The van der Waals surface area contributed by atoms with Crippen LogP contribution in [0.1, 0.15) is 17.6 Å². The Hall–Kier alpha value is -0.871. The van der Waals surface area contributed by atoms with E-state index in [0.29, 0.717) is 0 Å². The Morgan fingerprint density at radius 1 is 1.06 bits per heavy atom. The normalized spacial score (nSPS) is 29.6. The van der Waals surface area contributed by atoms with Crippen LogP contribution in [0.25, 0.3) is 0 Å². The van der Waals surface area contributed by atoms with E-state index in [-0.39, 0.29) is 12.2 Å². The highest BCUT2D eigenvalue weighted by molar-refractivity contribution is 8.01. The van der Waals surface area contributed by atoms with Crippen LogP contribution in [0.15, 0.2) is 15.8 Å². The van der Waals surface area contributed by atoms with Gasteiger partial charge in [0.25, 0.3) is 5.56 Å². The highest BCUT2D eigenvalue weighted by Gasteiger charge is 2.59. The molecule has 0 aromatic carbocycles. The number of ether oxygens (including phenoxy) is 1. The predicted molar refractivity (Wildman–Crippen MR) is 125 cm³/mol. The van der Waals surface area contributed by atoms with Gasteiger partial charge in [-0.05, 0) is 11.6 Å². The van der Waals surface area contributed by atoms with Gasteiger partial charge in [-0.2, -0.15) is 0 Å². The van der Waals surface area contributed by atoms with Gasteiger partial charge in [0.15, 0.2) is 6.23 Å². The van der Waals surface area contributed by atoms with E-state index >= 15 is 0 Å². The molecule has 2 aliphatic rings. The Bertz CT molecular complexity index is 901. The van der Waals surface area contributed by atoms with Crippen molar-refractivity contribution < 1.29 is 25.2 Å². The third kappa shape index (κ3) is 4.49. The summed E-state index contributed by atoms with van der Waals surface area (Å²) in [4.78, 5) is 27.1. The Balaban J connectivity index is 1.99. The van der Waals surface area contributed by atoms with Crippen LogP contribution in [0.5, 0.6) is 0 Å². The van der Waals surface area contributed by atoms with E-state index in [1.807, 2.05) is 0 Å². The number of aromatic nitrogens is 2. The lowest BCUT2D eigenvalue weighted by atomic mass is 8.57. The van der Waals surface area contributed by atoms with Gasteiger partial charge in [-0.1, -0.05) is 0 Å². The molecule has 31 heavy (non-hydrogen) atoms. The summed E-state index contributed by atoms with van der Waals surface area (Å²) in [5, 5.41) is 39.3. The number of hydrogen-bond acceptors (Lipinski definition) is 7. The van der Waals surface area contributed by atoms with Gasteiger partial charge in [-0.15, -0.1) is 0 Å². The molecule has 1 aromatic rings. The molecule has 6 atom stereocenters. The van der Waals surface area contributed by atoms with Gasteiger partial charge in [-0.25, -0.2) is 4.79 Å². The second-order valence-electron chi connectivity index (χ2n) is 8.24. The first-order valence-electron chi connectivity index (χ1n) is 9.91. The van der Waals surface area contributed by atoms with E-state index in [1.165, 1.54) is 6.20 Å². The molecule has 3 unspecified atom stereocenters. The van der Waals surface area contributed by atoms with Crippen molar-refractivity contribution in [3.05, 3.63) is 32.6 Å². The van der Waals surface area contributed by atoms with Crippen LogP contribution in [0.3, 0.4) is 0 Å². The van der Waals surface area contributed by atoms with Crippen LogP contribution in [0, 0.1) is 0 Å². The standard InChI is InChI=1S/C12H16B10N2O7/c13-19(14)21(17)22(20(15)16)18-5(2-25)7(18)4-1-24(12(30)23-10(4)29)11-9(28)8(27)6(3-26)31-11/h1,5-9,11,25-28H,2-3H2,(H,23,29,30)/t5?,6-,7?,8?,9+,11-/m1/s1. The third-order valence-corrected chi connectivity index (χ3v) is 6.36. The number of nitrogens with one attached hydrogen (secondary N) is 1. The minimum absolute atomic E-state index is 0.116. The van der Waals surface area contributed by atoms with Gasteiger partial charge < -0.3 is 25.2 Å². The van der Waals surface area contributed by atoms with Gasteiger partial charge in [0.1, 0.15) is 24.9 Å². The lowest BCUT2D eigenvalue weighted by molar-refractivity contribution is -0.0551. The van der Waals surface area contributed by atoms with Crippen molar-refractivity contribution >= 4 is 70.8 Å². The first kappa shape index (κ1) is 24.8. The van der Waals surface area contributed by atoms with Gasteiger partial charge in [0, 0.05) is 82.6 Å². The molecule has 5 N–H and O–H groups in total. The van der Waals surface area contributed by atoms with Gasteiger partial charge in [0.2, 0.25) is 0 Å². The van der Waals surface area contributed by atoms with Crippen molar-refractivity contribution in [2.45, 2.75) is 36.2 Å². The lowest BCUT2D eigenvalue weighted by Gasteiger charge is -2.26.